The summed E-state index contributed by atoms with van der Waals surface area (Å²) in [4.78, 5) is 11.7. The van der Waals surface area contributed by atoms with Crippen LogP contribution in [-0.2, 0) is 21.2 Å². The Morgan fingerprint density at radius 2 is 1.76 bits per heavy atom. The molecule has 134 valence electrons. The molecule has 0 saturated carbocycles. The van der Waals surface area contributed by atoms with Crippen LogP contribution >= 0.6 is 23.2 Å². The van der Waals surface area contributed by atoms with E-state index >= 15 is 0 Å². The minimum atomic E-state index is -3.96. The van der Waals surface area contributed by atoms with Gasteiger partial charge in [-0.2, -0.15) is 4.31 Å². The molecule has 1 atom stereocenters. The normalized spacial score (nSPS) is 13.0. The molecule has 0 saturated heterocycles. The van der Waals surface area contributed by atoms with Gasteiger partial charge in [0.15, 0.2) is 0 Å². The Morgan fingerprint density at radius 3 is 2.28 bits per heavy atom. The standard InChI is InChI=1S/C17H17Cl2NO4S/c1-11-3-7-14(8-4-11)25(23,24)20(2)16(17(21)22)9-12-5-6-13(18)10-15(12)19/h3-8,10,16H,9H2,1-2H3,(H,21,22). The molecule has 2 aromatic rings. The van der Waals surface area contributed by atoms with Crippen LogP contribution < -0.4 is 0 Å². The van der Waals surface area contributed by atoms with Crippen LogP contribution in [0, 0.1) is 6.92 Å². The predicted octanol–water partition coefficient (Wildman–Crippen LogP) is 3.62. The molecule has 0 aromatic heterocycles. The van der Waals surface area contributed by atoms with Gasteiger partial charge in [-0.1, -0.05) is 47.0 Å². The lowest BCUT2D eigenvalue weighted by Crippen LogP contribution is -2.43. The van der Waals surface area contributed by atoms with Crippen molar-refractivity contribution >= 4 is 39.2 Å². The maximum absolute atomic E-state index is 12.7. The van der Waals surface area contributed by atoms with E-state index in [0.29, 0.717) is 15.6 Å². The number of aryl methyl sites for hydroxylation is 1. The van der Waals surface area contributed by atoms with Crippen molar-refractivity contribution in [3.05, 3.63) is 63.6 Å². The van der Waals surface area contributed by atoms with Crippen LogP contribution in [0.1, 0.15) is 11.1 Å². The Hall–Kier alpha value is -1.60. The molecule has 2 rings (SSSR count). The van der Waals surface area contributed by atoms with Gasteiger partial charge >= 0.3 is 5.97 Å². The average Bonchev–Trinajstić information content (AvgIpc) is 2.53. The lowest BCUT2D eigenvalue weighted by atomic mass is 10.1. The van der Waals surface area contributed by atoms with Crippen molar-refractivity contribution in [2.45, 2.75) is 24.3 Å². The molecule has 0 amide bonds. The van der Waals surface area contributed by atoms with Gasteiger partial charge in [-0.15, -0.1) is 0 Å². The van der Waals surface area contributed by atoms with Crippen molar-refractivity contribution in [1.82, 2.24) is 4.31 Å². The van der Waals surface area contributed by atoms with Crippen LogP contribution in [0.3, 0.4) is 0 Å². The first-order chi connectivity index (χ1) is 11.6. The number of carboxylic acids is 1. The fourth-order valence-electron chi connectivity index (χ4n) is 2.31. The van der Waals surface area contributed by atoms with Crippen molar-refractivity contribution in [1.29, 1.82) is 0 Å². The first-order valence-electron chi connectivity index (χ1n) is 7.34. The number of sulfonamides is 1. The minimum absolute atomic E-state index is 0.0362. The van der Waals surface area contributed by atoms with E-state index in [1.165, 1.54) is 25.2 Å². The van der Waals surface area contributed by atoms with Gasteiger partial charge in [0.2, 0.25) is 10.0 Å². The second-order valence-corrected chi connectivity index (χ2v) is 8.47. The summed E-state index contributed by atoms with van der Waals surface area (Å²) in [6.07, 6.45) is -0.0765. The Kier molecular flexibility index (Phi) is 6.11. The van der Waals surface area contributed by atoms with Crippen LogP contribution in [0.15, 0.2) is 47.4 Å². The van der Waals surface area contributed by atoms with Gasteiger partial charge in [0.25, 0.3) is 0 Å². The molecule has 0 aliphatic carbocycles. The molecule has 0 bridgehead atoms. The number of rotatable bonds is 6. The van der Waals surface area contributed by atoms with Crippen molar-refractivity contribution < 1.29 is 18.3 Å². The van der Waals surface area contributed by atoms with Gasteiger partial charge in [0.1, 0.15) is 6.04 Å². The van der Waals surface area contributed by atoms with E-state index in [0.717, 1.165) is 9.87 Å². The summed E-state index contributed by atoms with van der Waals surface area (Å²) in [5.74, 6) is -1.26. The van der Waals surface area contributed by atoms with Crippen LogP contribution in [0.4, 0.5) is 0 Å². The number of nitrogens with zero attached hydrogens (tertiary/aromatic N) is 1. The van der Waals surface area contributed by atoms with Crippen LogP contribution in [-0.4, -0.2) is 36.9 Å². The van der Waals surface area contributed by atoms with Crippen molar-refractivity contribution in [3.8, 4) is 0 Å². The number of carbonyl (C=O) groups is 1. The van der Waals surface area contributed by atoms with E-state index in [2.05, 4.69) is 0 Å². The van der Waals surface area contributed by atoms with Gasteiger partial charge in [-0.05, 0) is 36.8 Å². The monoisotopic (exact) mass is 401 g/mol. The minimum Gasteiger partial charge on any atom is -0.480 e. The number of likely N-dealkylation sites (N-methyl/N-ethyl adjacent to an activating group) is 1. The molecule has 25 heavy (non-hydrogen) atoms. The molecule has 0 aliphatic rings. The zero-order valence-corrected chi connectivity index (χ0v) is 15.9. The number of hydrogen-bond donors (Lipinski definition) is 1. The summed E-state index contributed by atoms with van der Waals surface area (Å²) >= 11 is 11.9. The van der Waals surface area contributed by atoms with Crippen molar-refractivity contribution in [2.24, 2.45) is 0 Å². The fraction of sp³-hybridized carbons (Fsp3) is 0.235. The third-order valence-electron chi connectivity index (χ3n) is 3.85. The summed E-state index contributed by atoms with van der Waals surface area (Å²) < 4.78 is 26.3. The summed E-state index contributed by atoms with van der Waals surface area (Å²) in [6, 6.07) is 9.59. The predicted molar refractivity (Wildman–Crippen MR) is 97.7 cm³/mol. The van der Waals surface area contributed by atoms with Gasteiger partial charge in [0, 0.05) is 23.5 Å². The van der Waals surface area contributed by atoms with Gasteiger partial charge in [-0.3, -0.25) is 4.79 Å². The molecular weight excluding hydrogens is 385 g/mol. The molecule has 0 heterocycles. The number of benzene rings is 2. The largest absolute Gasteiger partial charge is 0.480 e. The van der Waals surface area contributed by atoms with Crippen LogP contribution in [0.2, 0.25) is 10.0 Å². The summed E-state index contributed by atoms with van der Waals surface area (Å²) in [5.41, 5.74) is 1.41. The topological polar surface area (TPSA) is 74.7 Å². The Bertz CT molecular complexity index is 882. The summed E-state index contributed by atoms with van der Waals surface area (Å²) in [7, 11) is -2.71. The van der Waals surface area contributed by atoms with Crippen molar-refractivity contribution in [2.75, 3.05) is 7.05 Å². The molecule has 0 spiro atoms. The third-order valence-corrected chi connectivity index (χ3v) is 6.32. The number of carboxylic acid groups (broad SMARTS) is 1. The molecule has 5 nitrogen and oxygen atoms in total. The smallest absolute Gasteiger partial charge is 0.322 e. The Morgan fingerprint density at radius 1 is 1.16 bits per heavy atom. The SMILES string of the molecule is Cc1ccc(S(=O)(=O)N(C)C(Cc2ccc(Cl)cc2Cl)C(=O)O)cc1. The third kappa shape index (κ3) is 4.52. The fourth-order valence-corrected chi connectivity index (χ4v) is 4.11. The van der Waals surface area contributed by atoms with E-state index < -0.39 is 22.0 Å². The molecule has 0 fully saturated rings. The van der Waals surface area contributed by atoms with Crippen molar-refractivity contribution in [3.63, 3.8) is 0 Å². The van der Waals surface area contributed by atoms with E-state index in [-0.39, 0.29) is 11.3 Å². The summed E-state index contributed by atoms with van der Waals surface area (Å²) in [6.45, 7) is 1.84. The average molecular weight is 402 g/mol. The van der Waals surface area contributed by atoms with E-state index in [1.54, 1.807) is 24.3 Å². The van der Waals surface area contributed by atoms with Gasteiger partial charge in [-0.25, -0.2) is 8.42 Å². The maximum atomic E-state index is 12.7. The number of halogens is 2. The quantitative estimate of drug-likeness (QED) is 0.801. The second kappa shape index (κ2) is 7.74. The van der Waals surface area contributed by atoms with Crippen LogP contribution in [0.25, 0.3) is 0 Å². The molecule has 0 radical (unpaired) electrons. The lowest BCUT2D eigenvalue weighted by Gasteiger charge is -2.24. The molecular formula is C17H17Cl2NO4S. The van der Waals surface area contributed by atoms with Gasteiger partial charge < -0.3 is 5.11 Å². The van der Waals surface area contributed by atoms with E-state index in [4.69, 9.17) is 23.2 Å². The Labute approximate surface area is 156 Å². The first kappa shape index (κ1) is 19.7. The lowest BCUT2D eigenvalue weighted by molar-refractivity contribution is -0.141. The highest BCUT2D eigenvalue weighted by atomic mass is 35.5. The van der Waals surface area contributed by atoms with E-state index in [1.807, 2.05) is 6.92 Å². The number of hydrogen-bond acceptors (Lipinski definition) is 3. The van der Waals surface area contributed by atoms with E-state index in [9.17, 15) is 18.3 Å². The molecule has 1 N–H and O–H groups in total. The second-order valence-electron chi connectivity index (χ2n) is 5.63. The molecule has 2 aromatic carbocycles. The Balaban J connectivity index is 2.35. The first-order valence-corrected chi connectivity index (χ1v) is 9.54. The highest BCUT2D eigenvalue weighted by molar-refractivity contribution is 7.89. The molecule has 8 heteroatoms. The zero-order valence-electron chi connectivity index (χ0n) is 13.6. The maximum Gasteiger partial charge on any atom is 0.322 e. The van der Waals surface area contributed by atoms with Crippen LogP contribution in [0.5, 0.6) is 0 Å². The zero-order chi connectivity index (χ0) is 18.8. The highest BCUT2D eigenvalue weighted by Crippen LogP contribution is 2.25. The van der Waals surface area contributed by atoms with Gasteiger partial charge in [0.05, 0.1) is 4.90 Å². The highest BCUT2D eigenvalue weighted by Gasteiger charge is 2.33. The molecule has 0 aliphatic heterocycles. The number of aliphatic carboxylic acids is 1. The summed E-state index contributed by atoms with van der Waals surface area (Å²) in [5, 5.41) is 10.2. The molecule has 1 unspecified atom stereocenters.